The second-order valence-electron chi connectivity index (χ2n) is 8.01. The number of benzene rings is 4. The Bertz CT molecular complexity index is 1430. The predicted molar refractivity (Wildman–Crippen MR) is 129 cm³/mol. The van der Waals surface area contributed by atoms with Gasteiger partial charge in [-0.05, 0) is 28.3 Å². The molecule has 0 saturated carbocycles. The van der Waals surface area contributed by atoms with Gasteiger partial charge >= 0.3 is 26.2 Å². The van der Waals surface area contributed by atoms with Crippen LogP contribution in [0.4, 0.5) is 0 Å². The second kappa shape index (κ2) is 10.7. The molecule has 33 heavy (non-hydrogen) atoms. The number of rotatable bonds is 3. The topological polar surface area (TPSA) is 0 Å². The Balaban J connectivity index is 0.00000102. The van der Waals surface area contributed by atoms with Gasteiger partial charge in [-0.3, -0.25) is 0 Å². The van der Waals surface area contributed by atoms with E-state index in [1.807, 2.05) is 0 Å². The van der Waals surface area contributed by atoms with E-state index in [0.29, 0.717) is 0 Å². The summed E-state index contributed by atoms with van der Waals surface area (Å²) in [7, 11) is 0. The van der Waals surface area contributed by atoms with Gasteiger partial charge in [-0.1, -0.05) is 103 Å². The Morgan fingerprint density at radius 1 is 0.576 bits per heavy atom. The summed E-state index contributed by atoms with van der Waals surface area (Å²) in [5.41, 5.74) is 6.57. The molecule has 0 nitrogen and oxygen atoms in total. The molecule has 0 spiro atoms. The monoisotopic (exact) mass is 541 g/mol. The molecule has 3 heteroatoms. The minimum Gasteiger partial charge on any atom is -1.00 e. The first-order valence-electron chi connectivity index (χ1n) is 10.5. The van der Waals surface area contributed by atoms with Crippen LogP contribution in [0, 0.1) is 0 Å². The number of allylic oxidation sites excluding steroid dienone is 4. The summed E-state index contributed by atoms with van der Waals surface area (Å²) >= 11 is 0. The molecule has 1 atom stereocenters. The Kier molecular flexibility index (Phi) is 8.25. The van der Waals surface area contributed by atoms with Gasteiger partial charge in [0.05, 0.1) is 0 Å². The molecule has 1 aliphatic carbocycles. The Labute approximate surface area is 226 Å². The second-order valence-corrected chi connectivity index (χ2v) is 8.01. The molecule has 6 rings (SSSR count). The van der Waals surface area contributed by atoms with Gasteiger partial charge in [0.15, 0.2) is 0 Å². The fraction of sp³-hybridized carbons (Fsp3) is 0.0333. The molecule has 1 aliphatic rings. The molecule has 0 saturated heterocycles. The van der Waals surface area contributed by atoms with Crippen molar-refractivity contribution in [2.45, 2.75) is 5.92 Å². The molecule has 0 heterocycles. The molecule has 0 amide bonds. The molecule has 159 valence electrons. The van der Waals surface area contributed by atoms with Crippen molar-refractivity contribution in [1.29, 1.82) is 0 Å². The van der Waals surface area contributed by atoms with Gasteiger partial charge in [0, 0.05) is 5.92 Å². The number of hydrogen-bond donors (Lipinski definition) is 0. The minimum absolute atomic E-state index is 0. The van der Waals surface area contributed by atoms with Crippen molar-refractivity contribution < 1.29 is 51.0 Å². The van der Waals surface area contributed by atoms with Crippen molar-refractivity contribution in [2.24, 2.45) is 0 Å². The summed E-state index contributed by atoms with van der Waals surface area (Å²) < 4.78 is 0. The normalized spacial score (nSPS) is 14.6. The molecule has 5 aromatic carbocycles. The van der Waals surface area contributed by atoms with E-state index in [4.69, 9.17) is 0 Å². The third-order valence-electron chi connectivity index (χ3n) is 6.20. The fourth-order valence-corrected chi connectivity index (χ4v) is 4.73. The largest absolute Gasteiger partial charge is 3.00 e. The smallest absolute Gasteiger partial charge is 1.00 e. The van der Waals surface area contributed by atoms with Gasteiger partial charge in [-0.15, -0.1) is 39.7 Å². The van der Waals surface area contributed by atoms with Crippen LogP contribution in [0.2, 0.25) is 0 Å². The maximum atomic E-state index is 2.42. The molecule has 0 bridgehead atoms. The van der Waals surface area contributed by atoms with Crippen LogP contribution in [0.25, 0.3) is 32.7 Å². The summed E-state index contributed by atoms with van der Waals surface area (Å²) in [4.78, 5) is 0. The molecule has 1 radical (unpaired) electrons. The summed E-state index contributed by atoms with van der Waals surface area (Å²) in [6, 6.07) is 39.4. The molecular formula is C30H21Cl2Zr. The van der Waals surface area contributed by atoms with Crippen LogP contribution in [0.1, 0.15) is 22.6 Å². The number of halogens is 2. The van der Waals surface area contributed by atoms with Crippen molar-refractivity contribution in [3.63, 3.8) is 0 Å². The first kappa shape index (κ1) is 25.3. The first-order valence-corrected chi connectivity index (χ1v) is 10.5. The third kappa shape index (κ3) is 4.69. The standard InChI is InChI=1S/C30H21.2ClH.Zr/c1-3-9-21(10-4-1)25-19-29(22-11-5-2-6-12-22)30(20-25)24-15-16-28-26(18-24)17-23-13-7-8-14-27(23)28;;;/h1-20,30H;2*1H;/q-1;;;+3/p-2. The van der Waals surface area contributed by atoms with Crippen LogP contribution >= 0.6 is 0 Å². The van der Waals surface area contributed by atoms with Crippen LogP contribution in [0.3, 0.4) is 0 Å². The Morgan fingerprint density at radius 2 is 1.18 bits per heavy atom. The Morgan fingerprint density at radius 3 is 1.91 bits per heavy atom. The van der Waals surface area contributed by atoms with E-state index in [1.54, 1.807) is 0 Å². The average molecular weight is 544 g/mol. The van der Waals surface area contributed by atoms with E-state index >= 15 is 0 Å². The summed E-state index contributed by atoms with van der Waals surface area (Å²) in [6.07, 6.45) is 4.78. The van der Waals surface area contributed by atoms with Crippen molar-refractivity contribution >= 4 is 32.7 Å². The summed E-state index contributed by atoms with van der Waals surface area (Å²) in [6.45, 7) is 0. The minimum atomic E-state index is 0. The van der Waals surface area contributed by atoms with Crippen molar-refractivity contribution in [1.82, 2.24) is 0 Å². The van der Waals surface area contributed by atoms with Crippen LogP contribution in [-0.4, -0.2) is 0 Å². The van der Waals surface area contributed by atoms with E-state index in [9.17, 15) is 0 Å². The van der Waals surface area contributed by atoms with E-state index in [1.165, 1.54) is 49.4 Å². The van der Waals surface area contributed by atoms with Crippen LogP contribution < -0.4 is 24.8 Å². The fourth-order valence-electron chi connectivity index (χ4n) is 4.73. The van der Waals surface area contributed by atoms with Gasteiger partial charge in [-0.25, -0.2) is 0 Å². The zero-order valence-corrected chi connectivity index (χ0v) is 21.9. The SMILES string of the molecule is C1=C(c2ccccc2)C=C(c2ccccc2)C1c1ccc2c(c1)[cH-]c1ccccc12.[Cl-].[Cl-].[Zr+3]. The van der Waals surface area contributed by atoms with Gasteiger partial charge < -0.3 is 24.8 Å². The molecule has 0 aliphatic heterocycles. The maximum absolute atomic E-state index is 2.42. The summed E-state index contributed by atoms with van der Waals surface area (Å²) in [5, 5.41) is 5.31. The molecule has 0 N–H and O–H groups in total. The predicted octanol–water partition coefficient (Wildman–Crippen LogP) is 1.98. The van der Waals surface area contributed by atoms with Gasteiger partial charge in [-0.2, -0.15) is 0 Å². The van der Waals surface area contributed by atoms with Crippen molar-refractivity contribution in [3.8, 4) is 0 Å². The zero-order valence-electron chi connectivity index (χ0n) is 17.9. The molecular weight excluding hydrogens is 522 g/mol. The molecule has 1 unspecified atom stereocenters. The average Bonchev–Trinajstić information content (AvgIpc) is 3.42. The van der Waals surface area contributed by atoms with Crippen LogP contribution in [0.5, 0.6) is 0 Å². The molecule has 0 fully saturated rings. The zero-order chi connectivity index (χ0) is 19.9. The quantitative estimate of drug-likeness (QED) is 0.306. The van der Waals surface area contributed by atoms with Crippen molar-refractivity contribution in [2.75, 3.05) is 0 Å². The third-order valence-corrected chi connectivity index (χ3v) is 6.20. The molecule has 0 aromatic heterocycles. The van der Waals surface area contributed by atoms with E-state index in [0.717, 1.165) is 0 Å². The molecule has 5 aromatic rings. The van der Waals surface area contributed by atoms with Gasteiger partial charge in [0.2, 0.25) is 0 Å². The Hall–Kier alpha value is -2.31. The summed E-state index contributed by atoms with van der Waals surface area (Å²) in [5.74, 6) is 0.255. The van der Waals surface area contributed by atoms with Crippen molar-refractivity contribution in [3.05, 3.63) is 138 Å². The maximum Gasteiger partial charge on any atom is 3.00 e. The van der Waals surface area contributed by atoms with Crippen LogP contribution in [-0.2, 0) is 26.2 Å². The van der Waals surface area contributed by atoms with E-state index in [2.05, 4.69) is 121 Å². The van der Waals surface area contributed by atoms with E-state index in [-0.39, 0.29) is 56.9 Å². The van der Waals surface area contributed by atoms with Gasteiger partial charge in [0.1, 0.15) is 0 Å². The van der Waals surface area contributed by atoms with E-state index < -0.39 is 0 Å². The first-order chi connectivity index (χ1) is 14.9. The van der Waals surface area contributed by atoms with Gasteiger partial charge in [0.25, 0.3) is 0 Å². The number of fused-ring (bicyclic) bond motifs is 3. The van der Waals surface area contributed by atoms with Crippen LogP contribution in [0.15, 0.2) is 121 Å². The number of hydrogen-bond acceptors (Lipinski definition) is 0.